The summed E-state index contributed by atoms with van der Waals surface area (Å²) >= 11 is 19.0. The van der Waals surface area contributed by atoms with Gasteiger partial charge in [-0.15, -0.1) is 0 Å². The van der Waals surface area contributed by atoms with E-state index in [1.807, 2.05) is 30.3 Å². The molecule has 0 aliphatic rings. The van der Waals surface area contributed by atoms with E-state index in [0.29, 0.717) is 15.1 Å². The van der Waals surface area contributed by atoms with E-state index in [4.69, 9.17) is 34.8 Å². The molecule has 0 saturated heterocycles. The van der Waals surface area contributed by atoms with Crippen molar-refractivity contribution in [2.45, 2.75) is 0 Å². The predicted molar refractivity (Wildman–Crippen MR) is 94.0 cm³/mol. The Bertz CT molecular complexity index is 1020. The first kappa shape index (κ1) is 13.2. The molecule has 0 atom stereocenters. The molecule has 0 unspecified atom stereocenters. The molecule has 4 aromatic rings. The highest BCUT2D eigenvalue weighted by Gasteiger charge is 2.15. The van der Waals surface area contributed by atoms with Gasteiger partial charge in [0.2, 0.25) is 0 Å². The zero-order chi connectivity index (χ0) is 14.6. The SMILES string of the molecule is Clc1cc2c3ccccc3c3ccccc3c2c(Cl)c1Cl. The third kappa shape index (κ3) is 1.83. The summed E-state index contributed by atoms with van der Waals surface area (Å²) < 4.78 is 0. The summed E-state index contributed by atoms with van der Waals surface area (Å²) in [6, 6.07) is 18.4. The van der Waals surface area contributed by atoms with Crippen molar-refractivity contribution in [2.24, 2.45) is 0 Å². The molecule has 0 nitrogen and oxygen atoms in total. The highest BCUT2D eigenvalue weighted by atomic mass is 35.5. The van der Waals surface area contributed by atoms with Crippen LogP contribution in [0.25, 0.3) is 32.3 Å². The molecule has 0 aromatic heterocycles. The normalized spacial score (nSPS) is 11.6. The van der Waals surface area contributed by atoms with Crippen LogP contribution < -0.4 is 0 Å². The van der Waals surface area contributed by atoms with Crippen molar-refractivity contribution in [3.8, 4) is 0 Å². The molecule has 0 aliphatic heterocycles. The standard InChI is InChI=1S/C18H9Cl3/c19-15-9-14-12-7-2-1-5-10(12)11-6-3-4-8-13(11)16(14)18(21)17(15)20/h1-9H. The number of rotatable bonds is 0. The van der Waals surface area contributed by atoms with Gasteiger partial charge < -0.3 is 0 Å². The Morgan fingerprint density at radius 1 is 0.524 bits per heavy atom. The van der Waals surface area contributed by atoms with Crippen LogP contribution in [-0.4, -0.2) is 0 Å². The number of fused-ring (bicyclic) bond motifs is 6. The molecule has 0 heterocycles. The second kappa shape index (κ2) is 4.78. The maximum atomic E-state index is 6.49. The lowest BCUT2D eigenvalue weighted by molar-refractivity contribution is 1.76. The number of hydrogen-bond acceptors (Lipinski definition) is 0. The zero-order valence-electron chi connectivity index (χ0n) is 10.8. The Balaban J connectivity index is 2.46. The molecule has 0 bridgehead atoms. The summed E-state index contributed by atoms with van der Waals surface area (Å²) in [7, 11) is 0. The Hall–Kier alpha value is -1.47. The Morgan fingerprint density at radius 3 is 1.62 bits per heavy atom. The maximum Gasteiger partial charge on any atom is 0.0785 e. The van der Waals surface area contributed by atoms with E-state index in [0.717, 1.165) is 21.5 Å². The third-order valence-electron chi connectivity index (χ3n) is 3.87. The molecule has 21 heavy (non-hydrogen) atoms. The minimum absolute atomic E-state index is 0.409. The van der Waals surface area contributed by atoms with E-state index in [-0.39, 0.29) is 0 Å². The average molecular weight is 332 g/mol. The van der Waals surface area contributed by atoms with Gasteiger partial charge in [0.15, 0.2) is 0 Å². The van der Waals surface area contributed by atoms with Crippen LogP contribution in [0.3, 0.4) is 0 Å². The second-order valence-electron chi connectivity index (χ2n) is 5.00. The Kier molecular flexibility index (Phi) is 3.00. The summed E-state index contributed by atoms with van der Waals surface area (Å²) in [5, 5.41) is 7.98. The Morgan fingerprint density at radius 2 is 1.00 bits per heavy atom. The monoisotopic (exact) mass is 330 g/mol. The summed E-state index contributed by atoms with van der Waals surface area (Å²) in [5.41, 5.74) is 0. The van der Waals surface area contributed by atoms with Crippen LogP contribution in [-0.2, 0) is 0 Å². The summed E-state index contributed by atoms with van der Waals surface area (Å²) in [5.74, 6) is 0. The van der Waals surface area contributed by atoms with Gasteiger partial charge in [-0.2, -0.15) is 0 Å². The van der Waals surface area contributed by atoms with Crippen LogP contribution >= 0.6 is 34.8 Å². The molecule has 102 valence electrons. The van der Waals surface area contributed by atoms with Gasteiger partial charge in [-0.25, -0.2) is 0 Å². The van der Waals surface area contributed by atoms with Crippen LogP contribution in [0, 0.1) is 0 Å². The average Bonchev–Trinajstić information content (AvgIpc) is 2.52. The first-order valence-electron chi connectivity index (χ1n) is 6.55. The van der Waals surface area contributed by atoms with E-state index in [1.165, 1.54) is 10.8 Å². The van der Waals surface area contributed by atoms with E-state index in [1.54, 1.807) is 0 Å². The highest BCUT2D eigenvalue weighted by Crippen LogP contribution is 2.43. The lowest BCUT2D eigenvalue weighted by Crippen LogP contribution is -1.85. The number of hydrogen-bond donors (Lipinski definition) is 0. The zero-order valence-corrected chi connectivity index (χ0v) is 13.1. The molecular weight excluding hydrogens is 323 g/mol. The molecule has 0 fully saturated rings. The van der Waals surface area contributed by atoms with Crippen molar-refractivity contribution in [2.75, 3.05) is 0 Å². The fourth-order valence-corrected chi connectivity index (χ4v) is 3.67. The van der Waals surface area contributed by atoms with Crippen LogP contribution in [0.4, 0.5) is 0 Å². The van der Waals surface area contributed by atoms with Crippen molar-refractivity contribution in [1.29, 1.82) is 0 Å². The summed E-state index contributed by atoms with van der Waals surface area (Å²) in [6.07, 6.45) is 0. The van der Waals surface area contributed by atoms with Crippen LogP contribution in [0.5, 0.6) is 0 Å². The molecule has 0 saturated carbocycles. The number of benzene rings is 4. The van der Waals surface area contributed by atoms with Crippen LogP contribution in [0.2, 0.25) is 15.1 Å². The summed E-state index contributed by atoms with van der Waals surface area (Å²) in [6.45, 7) is 0. The van der Waals surface area contributed by atoms with Gasteiger partial charge in [0.25, 0.3) is 0 Å². The van der Waals surface area contributed by atoms with Gasteiger partial charge >= 0.3 is 0 Å². The second-order valence-corrected chi connectivity index (χ2v) is 6.16. The first-order chi connectivity index (χ1) is 10.2. The number of halogens is 3. The lowest BCUT2D eigenvalue weighted by Gasteiger charge is -2.13. The molecule has 3 heteroatoms. The van der Waals surface area contributed by atoms with Crippen molar-refractivity contribution < 1.29 is 0 Å². The highest BCUT2D eigenvalue weighted by molar-refractivity contribution is 6.52. The van der Waals surface area contributed by atoms with Crippen LogP contribution in [0.1, 0.15) is 0 Å². The predicted octanol–water partition coefficient (Wildman–Crippen LogP) is 7.11. The fraction of sp³-hybridized carbons (Fsp3) is 0. The molecule has 0 amide bonds. The molecule has 0 radical (unpaired) electrons. The van der Waals surface area contributed by atoms with Gasteiger partial charge in [0.1, 0.15) is 0 Å². The lowest BCUT2D eigenvalue weighted by atomic mass is 9.94. The third-order valence-corrected chi connectivity index (χ3v) is 5.13. The van der Waals surface area contributed by atoms with Gasteiger partial charge in [0.05, 0.1) is 15.1 Å². The molecule has 4 aromatic carbocycles. The molecule has 0 aliphatic carbocycles. The Labute approximate surface area is 136 Å². The molecule has 0 spiro atoms. The van der Waals surface area contributed by atoms with Gasteiger partial charge in [-0.1, -0.05) is 83.3 Å². The summed E-state index contributed by atoms with van der Waals surface area (Å²) in [4.78, 5) is 0. The van der Waals surface area contributed by atoms with Gasteiger partial charge in [-0.3, -0.25) is 0 Å². The van der Waals surface area contributed by atoms with Crippen molar-refractivity contribution in [1.82, 2.24) is 0 Å². The molecule has 0 N–H and O–H groups in total. The first-order valence-corrected chi connectivity index (χ1v) is 7.68. The van der Waals surface area contributed by atoms with E-state index in [9.17, 15) is 0 Å². The largest absolute Gasteiger partial charge is 0.0826 e. The van der Waals surface area contributed by atoms with Gasteiger partial charge in [0, 0.05) is 5.39 Å². The quantitative estimate of drug-likeness (QED) is 0.238. The van der Waals surface area contributed by atoms with Gasteiger partial charge in [-0.05, 0) is 33.0 Å². The molecular formula is C18H9Cl3. The maximum absolute atomic E-state index is 6.49. The van der Waals surface area contributed by atoms with Crippen molar-refractivity contribution >= 4 is 67.1 Å². The topological polar surface area (TPSA) is 0 Å². The molecule has 4 rings (SSSR count). The minimum atomic E-state index is 0.409. The minimum Gasteiger partial charge on any atom is -0.0826 e. The van der Waals surface area contributed by atoms with Crippen LogP contribution in [0.15, 0.2) is 54.6 Å². The van der Waals surface area contributed by atoms with E-state index >= 15 is 0 Å². The van der Waals surface area contributed by atoms with Crippen molar-refractivity contribution in [3.63, 3.8) is 0 Å². The van der Waals surface area contributed by atoms with E-state index < -0.39 is 0 Å². The van der Waals surface area contributed by atoms with Crippen molar-refractivity contribution in [3.05, 3.63) is 69.7 Å². The smallest absolute Gasteiger partial charge is 0.0785 e. The van der Waals surface area contributed by atoms with E-state index in [2.05, 4.69) is 24.3 Å². The fourth-order valence-electron chi connectivity index (χ4n) is 2.96.